The van der Waals surface area contributed by atoms with Gasteiger partial charge in [-0.05, 0) is 42.0 Å². The maximum absolute atomic E-state index is 12.2. The maximum atomic E-state index is 12.2. The summed E-state index contributed by atoms with van der Waals surface area (Å²) in [4.78, 5) is 20.9. The van der Waals surface area contributed by atoms with Gasteiger partial charge in [0.1, 0.15) is 0 Å². The fourth-order valence-corrected chi connectivity index (χ4v) is 3.49. The quantitative estimate of drug-likeness (QED) is 0.453. The number of benzene rings is 2. The molecule has 0 aliphatic rings. The fraction of sp³-hybridized carbons (Fsp3) is 0.0455. The molecule has 9 heteroatoms. The zero-order valence-corrected chi connectivity index (χ0v) is 17.4. The van der Waals surface area contributed by atoms with Crippen molar-refractivity contribution < 1.29 is 13.2 Å². The predicted octanol–water partition coefficient (Wildman–Crippen LogP) is 3.42. The van der Waals surface area contributed by atoms with Crippen molar-refractivity contribution >= 4 is 39.2 Å². The van der Waals surface area contributed by atoms with Gasteiger partial charge in [0.05, 0.1) is 11.9 Å². The molecule has 0 unspecified atom stereocenters. The van der Waals surface area contributed by atoms with Crippen molar-refractivity contribution in [3.63, 3.8) is 0 Å². The summed E-state index contributed by atoms with van der Waals surface area (Å²) in [5.41, 5.74) is 3.61. The number of nitrogens with zero attached hydrogens (tertiary/aromatic N) is 3. The summed E-state index contributed by atoms with van der Waals surface area (Å²) in [5.74, 6) is 0.350. The van der Waals surface area contributed by atoms with Gasteiger partial charge < -0.3 is 5.32 Å². The number of hydrogen-bond donors (Lipinski definition) is 2. The molecule has 2 N–H and O–H groups in total. The summed E-state index contributed by atoms with van der Waals surface area (Å²) >= 11 is 0. The Morgan fingerprint density at radius 2 is 1.74 bits per heavy atom. The number of sulfonamides is 1. The van der Waals surface area contributed by atoms with Crippen LogP contribution in [0.25, 0.3) is 23.1 Å². The smallest absolute Gasteiger partial charge is 0.248 e. The lowest BCUT2D eigenvalue weighted by Gasteiger charge is -2.04. The second kappa shape index (κ2) is 8.41. The molecule has 0 saturated heterocycles. The average Bonchev–Trinajstić information content (AvgIpc) is 3.17. The van der Waals surface area contributed by atoms with Crippen molar-refractivity contribution in [1.29, 1.82) is 0 Å². The summed E-state index contributed by atoms with van der Waals surface area (Å²) in [7, 11) is -3.32. The first kappa shape index (κ1) is 20.3. The minimum absolute atomic E-state index is 0.275. The van der Waals surface area contributed by atoms with Crippen LogP contribution in [-0.2, 0) is 14.8 Å². The van der Waals surface area contributed by atoms with Gasteiger partial charge >= 0.3 is 0 Å². The first-order valence-corrected chi connectivity index (χ1v) is 11.2. The molecule has 0 radical (unpaired) electrons. The molecule has 156 valence electrons. The van der Waals surface area contributed by atoms with Crippen molar-refractivity contribution in [2.45, 2.75) is 0 Å². The molecule has 4 rings (SSSR count). The number of amides is 1. The zero-order chi connectivity index (χ0) is 21.8. The molecule has 31 heavy (non-hydrogen) atoms. The number of carbonyl (C=O) groups is 1. The lowest BCUT2D eigenvalue weighted by Crippen LogP contribution is -2.09. The van der Waals surface area contributed by atoms with Gasteiger partial charge in [0.2, 0.25) is 21.7 Å². The van der Waals surface area contributed by atoms with Crippen LogP contribution in [0.1, 0.15) is 5.56 Å². The largest absolute Gasteiger partial charge is 0.323 e. The highest BCUT2D eigenvalue weighted by atomic mass is 32.2. The molecular weight excluding hydrogens is 414 g/mol. The Morgan fingerprint density at radius 1 is 1.03 bits per heavy atom. The third-order valence-corrected chi connectivity index (χ3v) is 4.93. The molecule has 2 aromatic carbocycles. The number of fused-ring (bicyclic) bond motifs is 1. The fourth-order valence-electron chi connectivity index (χ4n) is 2.93. The Kier molecular flexibility index (Phi) is 5.50. The highest BCUT2D eigenvalue weighted by molar-refractivity contribution is 7.92. The van der Waals surface area contributed by atoms with E-state index in [1.54, 1.807) is 36.5 Å². The van der Waals surface area contributed by atoms with E-state index in [1.807, 2.05) is 47.1 Å². The molecule has 0 aliphatic heterocycles. The van der Waals surface area contributed by atoms with Gasteiger partial charge in [-0.2, -0.15) is 0 Å². The minimum Gasteiger partial charge on any atom is -0.323 e. The van der Waals surface area contributed by atoms with E-state index in [0.29, 0.717) is 17.2 Å². The van der Waals surface area contributed by atoms with Gasteiger partial charge in [0.15, 0.2) is 0 Å². The Hall–Kier alpha value is -3.98. The zero-order valence-electron chi connectivity index (χ0n) is 16.6. The Labute approximate surface area is 179 Å². The minimum atomic E-state index is -3.32. The lowest BCUT2D eigenvalue weighted by molar-refractivity contribution is -0.111. The molecule has 0 atom stereocenters. The van der Waals surface area contributed by atoms with Crippen LogP contribution >= 0.6 is 0 Å². The molecule has 1 amide bonds. The highest BCUT2D eigenvalue weighted by Gasteiger charge is 2.06. The van der Waals surface area contributed by atoms with Crippen LogP contribution in [0.5, 0.6) is 0 Å². The lowest BCUT2D eigenvalue weighted by atomic mass is 10.1. The summed E-state index contributed by atoms with van der Waals surface area (Å²) in [6.07, 6.45) is 9.63. The third kappa shape index (κ3) is 5.34. The summed E-state index contributed by atoms with van der Waals surface area (Å²) in [6.45, 7) is 0. The van der Waals surface area contributed by atoms with Gasteiger partial charge in [-0.1, -0.05) is 24.3 Å². The van der Waals surface area contributed by atoms with Crippen molar-refractivity contribution in [2.75, 3.05) is 16.3 Å². The van der Waals surface area contributed by atoms with Gasteiger partial charge in [0, 0.05) is 41.6 Å². The van der Waals surface area contributed by atoms with Crippen LogP contribution in [0.4, 0.5) is 11.4 Å². The summed E-state index contributed by atoms with van der Waals surface area (Å²) < 4.78 is 26.7. The molecule has 0 saturated carbocycles. The topological polar surface area (TPSA) is 105 Å². The molecular formula is C22H19N5O3S. The van der Waals surface area contributed by atoms with Gasteiger partial charge in [-0.3, -0.25) is 13.9 Å². The highest BCUT2D eigenvalue weighted by Crippen LogP contribution is 2.21. The Morgan fingerprint density at radius 3 is 2.42 bits per heavy atom. The first-order valence-electron chi connectivity index (χ1n) is 9.33. The molecule has 2 aromatic heterocycles. The summed E-state index contributed by atoms with van der Waals surface area (Å²) in [6, 6.07) is 15.9. The van der Waals surface area contributed by atoms with E-state index in [4.69, 9.17) is 0 Å². The van der Waals surface area contributed by atoms with Crippen LogP contribution in [0.3, 0.4) is 0 Å². The van der Waals surface area contributed by atoms with E-state index < -0.39 is 10.0 Å². The van der Waals surface area contributed by atoms with Crippen LogP contribution in [-0.4, -0.2) is 34.9 Å². The number of rotatable bonds is 6. The number of imidazole rings is 1. The Bertz CT molecular complexity index is 1330. The number of nitrogens with one attached hydrogen (secondary N) is 2. The van der Waals surface area contributed by atoms with Gasteiger partial charge in [-0.25, -0.2) is 18.4 Å². The molecule has 8 nitrogen and oxygen atoms in total. The van der Waals surface area contributed by atoms with E-state index in [9.17, 15) is 13.2 Å². The van der Waals surface area contributed by atoms with Crippen LogP contribution in [0, 0.1) is 0 Å². The second-order valence-corrected chi connectivity index (χ2v) is 8.60. The monoisotopic (exact) mass is 433 g/mol. The van der Waals surface area contributed by atoms with E-state index >= 15 is 0 Å². The summed E-state index contributed by atoms with van der Waals surface area (Å²) in [5, 5.41) is 2.80. The first-order chi connectivity index (χ1) is 14.9. The standard InChI is InChI=1S/C22H19N5O3S/c1-31(29,30)26-19-8-3-16(4-9-19)5-12-21(28)24-18-10-6-17(7-11-18)20-15-27-14-2-13-23-22(27)25-20/h2-15,26H,1H3,(H,24,28). The predicted molar refractivity (Wildman–Crippen MR) is 121 cm³/mol. The van der Waals surface area contributed by atoms with Crippen molar-refractivity contribution in [3.05, 3.63) is 84.8 Å². The molecule has 0 aliphatic carbocycles. The van der Waals surface area contributed by atoms with Crippen LogP contribution < -0.4 is 10.0 Å². The van der Waals surface area contributed by atoms with Crippen molar-refractivity contribution in [2.24, 2.45) is 0 Å². The molecule has 2 heterocycles. The molecule has 0 spiro atoms. The molecule has 4 aromatic rings. The van der Waals surface area contributed by atoms with E-state index in [0.717, 1.165) is 23.1 Å². The normalized spacial score (nSPS) is 11.6. The Balaban J connectivity index is 1.38. The van der Waals surface area contributed by atoms with E-state index in [-0.39, 0.29) is 5.91 Å². The van der Waals surface area contributed by atoms with E-state index in [2.05, 4.69) is 20.0 Å². The van der Waals surface area contributed by atoms with Crippen molar-refractivity contribution in [1.82, 2.24) is 14.4 Å². The van der Waals surface area contributed by atoms with Gasteiger partial charge in [-0.15, -0.1) is 0 Å². The van der Waals surface area contributed by atoms with Crippen LogP contribution in [0.2, 0.25) is 0 Å². The number of aromatic nitrogens is 3. The van der Waals surface area contributed by atoms with E-state index in [1.165, 1.54) is 6.08 Å². The SMILES string of the molecule is CS(=O)(=O)Nc1ccc(C=CC(=O)Nc2ccc(-c3cn4cccnc4n3)cc2)cc1. The van der Waals surface area contributed by atoms with Crippen molar-refractivity contribution in [3.8, 4) is 11.3 Å². The molecule has 0 bridgehead atoms. The number of carbonyl (C=O) groups excluding carboxylic acids is 1. The third-order valence-electron chi connectivity index (χ3n) is 4.32. The molecule has 0 fully saturated rings. The number of anilines is 2. The number of hydrogen-bond acceptors (Lipinski definition) is 5. The average molecular weight is 433 g/mol. The van der Waals surface area contributed by atoms with Crippen LogP contribution in [0.15, 0.2) is 79.3 Å². The van der Waals surface area contributed by atoms with Gasteiger partial charge in [0.25, 0.3) is 0 Å². The maximum Gasteiger partial charge on any atom is 0.248 e. The second-order valence-electron chi connectivity index (χ2n) is 6.85.